The molecule has 0 aliphatic carbocycles. The molecule has 5 N–H and O–H groups in total. The number of hydrazine groups is 1. The maximum absolute atomic E-state index is 16.1. The molecule has 3 unspecified atom stereocenters. The fourth-order valence-corrected chi connectivity index (χ4v) is 10.0. The highest BCUT2D eigenvalue weighted by Crippen LogP contribution is 2.42. The van der Waals surface area contributed by atoms with Gasteiger partial charge < -0.3 is 40.2 Å². The van der Waals surface area contributed by atoms with Crippen LogP contribution >= 0.6 is 0 Å². The second-order valence-electron chi connectivity index (χ2n) is 21.3. The summed E-state index contributed by atoms with van der Waals surface area (Å²) in [5.74, 6) is 0.802. The molecule has 82 heavy (non-hydrogen) atoms. The molecule has 2 bridgehead atoms. The number of alkyl carbamates (subject to hydrolysis) is 2. The van der Waals surface area contributed by atoms with E-state index in [9.17, 15) is 59.4 Å². The molecule has 28 heteroatoms. The van der Waals surface area contributed by atoms with Crippen molar-refractivity contribution in [1.29, 1.82) is 0 Å². The summed E-state index contributed by atoms with van der Waals surface area (Å²) in [6.07, 6.45) is -10.3. The number of nitrogens with one attached hydrogen (secondary N) is 4. The van der Waals surface area contributed by atoms with Gasteiger partial charge in [0.1, 0.15) is 29.5 Å². The third kappa shape index (κ3) is 14.5. The number of aliphatic hydroxyl groups excluding tert-OH is 1. The fraction of sp³-hybridized carbons (Fsp3) is 0.519. The second kappa shape index (κ2) is 25.5. The van der Waals surface area contributed by atoms with Crippen LogP contribution in [-0.2, 0) is 36.8 Å². The van der Waals surface area contributed by atoms with Crippen molar-refractivity contribution in [1.82, 2.24) is 46.0 Å². The zero-order valence-corrected chi connectivity index (χ0v) is 45.3. The van der Waals surface area contributed by atoms with Gasteiger partial charge in [-0.05, 0) is 101 Å². The minimum absolute atomic E-state index is 0.199. The molecular weight excluding hydrogens is 1110 g/mol. The number of methoxy groups -OCH3 is 2. The lowest BCUT2D eigenvalue weighted by atomic mass is 9.82. The van der Waals surface area contributed by atoms with Gasteiger partial charge in [0.2, 0.25) is 5.91 Å². The number of fused-ring (bicyclic) bond motifs is 2. The van der Waals surface area contributed by atoms with Crippen LogP contribution in [0.15, 0.2) is 67.0 Å². The molecule has 3 fully saturated rings. The van der Waals surface area contributed by atoms with Gasteiger partial charge in [0, 0.05) is 85.6 Å². The van der Waals surface area contributed by atoms with E-state index in [-0.39, 0.29) is 21.5 Å². The largest absolute Gasteiger partial charge is 0.453 e. The molecule has 2 aromatic carbocycles. The van der Waals surface area contributed by atoms with Gasteiger partial charge in [-0.25, -0.2) is 33.0 Å². The average Bonchev–Trinajstić information content (AvgIpc) is 3.42. The van der Waals surface area contributed by atoms with Gasteiger partial charge in [-0.3, -0.25) is 19.9 Å². The van der Waals surface area contributed by atoms with Gasteiger partial charge in [0.05, 0.1) is 49.5 Å². The molecule has 2 aromatic heterocycles. The van der Waals surface area contributed by atoms with Gasteiger partial charge >= 0.3 is 31.1 Å². The van der Waals surface area contributed by atoms with Gasteiger partial charge in [0.15, 0.2) is 0 Å². The number of pyridine rings is 1. The first kappa shape index (κ1) is 62.4. The SMILES string of the molecule is COC(=O)NC(C(=O)N[C@@H](Cc1ccc(C#Cc2ccc(N3CC4CCC(C3)N4[C@H]3CCOC3)nc2)cc1)[C@@H](O)CN(Cc1c(F)cc(-c2ccn(C(F)F)n2)cc1F)NC(=O)[C@@H](NC(=O)OC)C(C)(C)C(F)(F)F)C(C)(C)C(F)(F)F. The molecule has 5 heterocycles. The van der Waals surface area contributed by atoms with E-state index in [1.54, 1.807) is 23.6 Å². The monoisotopic (exact) mass is 1170 g/mol. The normalized spacial score (nSPS) is 19.2. The number of ether oxygens (including phenoxy) is 3. The van der Waals surface area contributed by atoms with E-state index < -0.39 is 115 Å². The van der Waals surface area contributed by atoms with Crippen LogP contribution in [0.25, 0.3) is 11.3 Å². The summed E-state index contributed by atoms with van der Waals surface area (Å²) in [5.41, 5.74) is -4.41. The number of anilines is 1. The van der Waals surface area contributed by atoms with Crippen LogP contribution in [0.4, 0.5) is 59.3 Å². The number of rotatable bonds is 19. The smallest absolute Gasteiger partial charge is 0.407 e. The number of hydrogen-bond donors (Lipinski definition) is 5. The van der Waals surface area contributed by atoms with Crippen molar-refractivity contribution in [3.8, 4) is 23.1 Å². The van der Waals surface area contributed by atoms with E-state index in [4.69, 9.17) is 4.74 Å². The van der Waals surface area contributed by atoms with E-state index in [2.05, 4.69) is 46.5 Å². The molecule has 7 atom stereocenters. The maximum Gasteiger partial charge on any atom is 0.407 e. The number of carbonyl (C=O) groups is 4. The quantitative estimate of drug-likeness (QED) is 0.0365. The molecule has 3 aliphatic rings. The summed E-state index contributed by atoms with van der Waals surface area (Å²) in [7, 11) is 1.61. The Morgan fingerprint density at radius 2 is 1.34 bits per heavy atom. The molecule has 4 aromatic rings. The first-order valence-electron chi connectivity index (χ1n) is 25.9. The zero-order chi connectivity index (χ0) is 60.1. The lowest BCUT2D eigenvalue weighted by molar-refractivity contribution is -0.221. The topological polar surface area (TPSA) is 205 Å². The van der Waals surface area contributed by atoms with Crippen molar-refractivity contribution in [2.75, 3.05) is 52.0 Å². The Bertz CT molecular complexity index is 2930. The fourth-order valence-electron chi connectivity index (χ4n) is 10.0. The molecule has 3 aliphatic heterocycles. The predicted molar refractivity (Wildman–Crippen MR) is 274 cm³/mol. The van der Waals surface area contributed by atoms with E-state index in [1.807, 2.05) is 22.9 Å². The summed E-state index contributed by atoms with van der Waals surface area (Å²) in [6.45, 7) is 0.0677. The Labute approximate surface area is 465 Å². The van der Waals surface area contributed by atoms with Crippen molar-refractivity contribution in [3.63, 3.8) is 0 Å². The van der Waals surface area contributed by atoms with E-state index in [1.165, 1.54) is 12.1 Å². The molecule has 3 saturated heterocycles. The standard InChI is InChI=1S/C54H62F10N10O8/c1-51(2,53(59,60)61)44(67-49(78)80-5)46(76)66-41(21-31-10-7-30(8-11-31)9-12-32-13-16-43(65-24-32)71-25-34-14-15-35(26-71)74(34)36-18-20-82-29-36)42(75)28-72(70-47(77)45(68-50(79)81-6)52(3,4)54(62,63)64)27-37-38(55)22-33(23-39(37)56)40-17-19-73(69-40)48(57)58/h7-8,10-11,13,16-17,19,22-24,34-36,41-42,44-45,48,75H,14-15,18,20-21,25-29H2,1-6H3,(H,66,76)(H,67,78)(H,68,79)(H,70,77)/t34?,35?,36-,41-,42-,44?,45+/m0/s1. The minimum atomic E-state index is -5.23. The Balaban J connectivity index is 1.18. The van der Waals surface area contributed by atoms with Crippen molar-refractivity contribution < 1.29 is 82.4 Å². The lowest BCUT2D eigenvalue weighted by Gasteiger charge is -2.44. The number of benzene rings is 2. The van der Waals surface area contributed by atoms with Gasteiger partial charge in [0.25, 0.3) is 5.91 Å². The third-order valence-electron chi connectivity index (χ3n) is 15.1. The Kier molecular flexibility index (Phi) is 19.4. The second-order valence-corrected chi connectivity index (χ2v) is 21.3. The molecule has 4 amide bonds. The van der Waals surface area contributed by atoms with Gasteiger partial charge in [-0.1, -0.05) is 24.0 Å². The molecule has 0 spiro atoms. The number of halogens is 10. The number of amides is 4. The van der Waals surface area contributed by atoms with Crippen LogP contribution in [0.3, 0.4) is 0 Å². The van der Waals surface area contributed by atoms with Crippen LogP contribution in [0.5, 0.6) is 0 Å². The Hall–Kier alpha value is -7.22. The van der Waals surface area contributed by atoms with Crippen molar-refractivity contribution in [3.05, 3.63) is 101 Å². The minimum Gasteiger partial charge on any atom is -0.453 e. The molecule has 0 saturated carbocycles. The van der Waals surface area contributed by atoms with E-state index in [0.29, 0.717) is 74.1 Å². The number of carbonyl (C=O) groups excluding carboxylic acids is 4. The van der Waals surface area contributed by atoms with Crippen molar-refractivity contribution in [2.45, 2.75) is 121 Å². The average molecular weight is 1170 g/mol. The molecule has 0 radical (unpaired) electrons. The third-order valence-corrected chi connectivity index (χ3v) is 15.1. The summed E-state index contributed by atoms with van der Waals surface area (Å²) < 4.78 is 161. The number of aliphatic hydroxyl groups is 1. The number of alkyl halides is 8. The molecule has 18 nitrogen and oxygen atoms in total. The van der Waals surface area contributed by atoms with Crippen molar-refractivity contribution >= 4 is 29.8 Å². The first-order valence-corrected chi connectivity index (χ1v) is 25.9. The van der Waals surface area contributed by atoms with Crippen molar-refractivity contribution in [2.24, 2.45) is 10.8 Å². The van der Waals surface area contributed by atoms with Crippen LogP contribution < -0.4 is 26.3 Å². The number of piperazine rings is 1. The van der Waals surface area contributed by atoms with E-state index in [0.717, 1.165) is 77.9 Å². The number of aromatic nitrogens is 3. The van der Waals surface area contributed by atoms with Crippen LogP contribution in [0.2, 0.25) is 0 Å². The van der Waals surface area contributed by atoms with Gasteiger partial charge in [-0.15, -0.1) is 0 Å². The Morgan fingerprint density at radius 3 is 1.84 bits per heavy atom. The highest BCUT2D eigenvalue weighted by atomic mass is 19.4. The maximum atomic E-state index is 16.1. The highest BCUT2D eigenvalue weighted by Gasteiger charge is 2.57. The number of hydrogen-bond acceptors (Lipinski definition) is 13. The molecule has 7 rings (SSSR count). The molecule has 446 valence electrons. The lowest BCUT2D eigenvalue weighted by Crippen LogP contribution is -2.63. The molecular formula is C54H62F10N10O8. The highest BCUT2D eigenvalue weighted by molar-refractivity contribution is 5.87. The van der Waals surface area contributed by atoms with Gasteiger partial charge in [-0.2, -0.15) is 40.2 Å². The summed E-state index contributed by atoms with van der Waals surface area (Å²) >= 11 is 0. The van der Waals surface area contributed by atoms with Crippen LogP contribution in [-0.4, -0.2) is 156 Å². The number of nitrogens with zero attached hydrogens (tertiary/aromatic N) is 6. The Morgan fingerprint density at radius 1 is 0.780 bits per heavy atom. The van der Waals surface area contributed by atoms with E-state index >= 15 is 8.78 Å². The predicted octanol–water partition coefficient (Wildman–Crippen LogP) is 7.01. The van der Waals surface area contributed by atoms with Crippen LogP contribution in [0.1, 0.15) is 75.8 Å². The summed E-state index contributed by atoms with van der Waals surface area (Å²) in [5, 5.41) is 22.1. The van der Waals surface area contributed by atoms with Crippen LogP contribution in [0, 0.1) is 34.3 Å². The summed E-state index contributed by atoms with van der Waals surface area (Å²) in [6, 6.07) is 6.61. The first-order chi connectivity index (χ1) is 38.5. The zero-order valence-electron chi connectivity index (χ0n) is 45.3. The summed E-state index contributed by atoms with van der Waals surface area (Å²) in [4.78, 5) is 62.5.